The first-order chi connectivity index (χ1) is 21.0. The highest BCUT2D eigenvalue weighted by atomic mass is 16.4. The van der Waals surface area contributed by atoms with Gasteiger partial charge in [0, 0.05) is 25.7 Å². The van der Waals surface area contributed by atoms with Crippen molar-refractivity contribution in [3.63, 3.8) is 0 Å². The number of aromatic hydroxyl groups is 4. The molecule has 222 valence electrons. The third-order valence-electron chi connectivity index (χ3n) is 8.52. The number of aromatic carboxylic acids is 1. The minimum absolute atomic E-state index is 0.00561. The monoisotopic (exact) mass is 586 g/mol. The van der Waals surface area contributed by atoms with Crippen molar-refractivity contribution in [2.75, 3.05) is 0 Å². The summed E-state index contributed by atoms with van der Waals surface area (Å²) in [6.45, 7) is 5.87. The number of fused-ring (bicyclic) bond motifs is 8. The van der Waals surface area contributed by atoms with E-state index in [1.165, 1.54) is 12.1 Å². The molecule has 0 heterocycles. The molecular weight excluding hydrogens is 552 g/mol. The fourth-order valence-corrected chi connectivity index (χ4v) is 6.32. The Kier molecular flexibility index (Phi) is 7.30. The highest BCUT2D eigenvalue weighted by molar-refractivity contribution is 5.88. The molecule has 0 atom stereocenters. The molecule has 8 bridgehead atoms. The molecule has 5 N–H and O–H groups in total. The van der Waals surface area contributed by atoms with Crippen LogP contribution in [0.5, 0.6) is 23.0 Å². The van der Waals surface area contributed by atoms with Crippen LogP contribution in [0.3, 0.4) is 0 Å². The van der Waals surface area contributed by atoms with Gasteiger partial charge in [0.25, 0.3) is 0 Å². The maximum Gasteiger partial charge on any atom is 0.335 e. The number of phenolic OH excluding ortho intramolecular Hbond substituents is 4. The minimum Gasteiger partial charge on any atom is -0.507 e. The maximum atomic E-state index is 12.2. The lowest BCUT2D eigenvalue weighted by Gasteiger charge is -2.19. The zero-order valence-electron chi connectivity index (χ0n) is 24.9. The molecular formula is C38H34O6. The van der Waals surface area contributed by atoms with Crippen molar-refractivity contribution in [2.45, 2.75) is 46.5 Å². The Morgan fingerprint density at radius 3 is 1.11 bits per heavy atom. The van der Waals surface area contributed by atoms with Gasteiger partial charge in [-0.2, -0.15) is 0 Å². The molecule has 6 heteroatoms. The number of carboxylic acids is 1. The molecule has 0 aromatic heterocycles. The first kappa shape index (κ1) is 28.9. The van der Waals surface area contributed by atoms with Crippen molar-refractivity contribution in [2.24, 2.45) is 0 Å². The van der Waals surface area contributed by atoms with Gasteiger partial charge in [0.1, 0.15) is 23.0 Å². The summed E-state index contributed by atoms with van der Waals surface area (Å²) in [5.41, 5.74) is 8.98. The molecule has 6 rings (SSSR count). The van der Waals surface area contributed by atoms with Crippen molar-refractivity contribution in [3.05, 3.63) is 140 Å². The van der Waals surface area contributed by atoms with Gasteiger partial charge in [0.05, 0.1) is 5.56 Å². The molecule has 5 aromatic rings. The van der Waals surface area contributed by atoms with E-state index >= 15 is 0 Å². The summed E-state index contributed by atoms with van der Waals surface area (Å²) in [5, 5.41) is 55.9. The smallest absolute Gasteiger partial charge is 0.335 e. The lowest BCUT2D eigenvalue weighted by atomic mass is 9.88. The third-order valence-corrected chi connectivity index (χ3v) is 8.52. The van der Waals surface area contributed by atoms with Crippen LogP contribution in [0.25, 0.3) is 11.1 Å². The predicted octanol–water partition coefficient (Wildman–Crippen LogP) is 7.48. The van der Waals surface area contributed by atoms with E-state index in [1.54, 1.807) is 0 Å². The van der Waals surface area contributed by atoms with Crippen LogP contribution in [0, 0.1) is 20.8 Å². The number of rotatable bonds is 2. The van der Waals surface area contributed by atoms with E-state index in [0.717, 1.165) is 27.8 Å². The lowest BCUT2D eigenvalue weighted by molar-refractivity contribution is 0.0696. The Balaban J connectivity index is 1.63. The van der Waals surface area contributed by atoms with E-state index in [0.29, 0.717) is 44.5 Å². The molecule has 0 fully saturated rings. The summed E-state index contributed by atoms with van der Waals surface area (Å²) < 4.78 is 0. The van der Waals surface area contributed by atoms with E-state index in [2.05, 4.69) is 0 Å². The summed E-state index contributed by atoms with van der Waals surface area (Å²) >= 11 is 0. The summed E-state index contributed by atoms with van der Waals surface area (Å²) in [5.74, 6) is -1.04. The van der Waals surface area contributed by atoms with E-state index in [1.807, 2.05) is 81.4 Å². The molecule has 0 saturated heterocycles. The van der Waals surface area contributed by atoms with Gasteiger partial charge in [-0.15, -0.1) is 0 Å². The van der Waals surface area contributed by atoms with Crippen molar-refractivity contribution < 1.29 is 30.3 Å². The van der Waals surface area contributed by atoms with Crippen LogP contribution in [0.1, 0.15) is 71.6 Å². The Labute approximate surface area is 256 Å². The standard InChI is InChI=1S/C38H34O6/c1-20-4-6-23(7-5-20)24-12-29-15-27-10-21(2)8-25(34(27)39)14-26-9-22(3)11-28(35(26)40)16-31-18-33(38(43)44)19-32(37(31)42)17-30(13-24)36(29)41/h4-13,18-19,39-42H,14-17H2,1-3H3,(H,43,44). The molecule has 44 heavy (non-hydrogen) atoms. The highest BCUT2D eigenvalue weighted by Gasteiger charge is 2.22. The zero-order chi connectivity index (χ0) is 31.3. The summed E-state index contributed by atoms with van der Waals surface area (Å²) in [6, 6.07) is 22.1. The number of hydrogen-bond donors (Lipinski definition) is 5. The fourth-order valence-electron chi connectivity index (χ4n) is 6.32. The van der Waals surface area contributed by atoms with Crippen LogP contribution in [-0.2, 0) is 25.7 Å². The van der Waals surface area contributed by atoms with Crippen molar-refractivity contribution in [3.8, 4) is 34.1 Å². The van der Waals surface area contributed by atoms with Gasteiger partial charge >= 0.3 is 5.97 Å². The lowest BCUT2D eigenvalue weighted by Crippen LogP contribution is -2.05. The quantitative estimate of drug-likeness (QED) is 0.144. The Morgan fingerprint density at radius 2 is 0.773 bits per heavy atom. The van der Waals surface area contributed by atoms with Crippen molar-refractivity contribution in [1.82, 2.24) is 0 Å². The van der Waals surface area contributed by atoms with Crippen LogP contribution in [0.2, 0.25) is 0 Å². The molecule has 0 aliphatic heterocycles. The number of carboxylic acid groups (broad SMARTS) is 1. The number of benzene rings is 5. The van der Waals surface area contributed by atoms with Gasteiger partial charge in [-0.05, 0) is 101 Å². The molecule has 0 unspecified atom stereocenters. The van der Waals surface area contributed by atoms with E-state index < -0.39 is 5.97 Å². The number of aryl methyl sites for hydroxylation is 3. The molecule has 6 nitrogen and oxygen atoms in total. The highest BCUT2D eigenvalue weighted by Crippen LogP contribution is 2.40. The van der Waals surface area contributed by atoms with Crippen molar-refractivity contribution >= 4 is 5.97 Å². The first-order valence-electron chi connectivity index (χ1n) is 14.6. The van der Waals surface area contributed by atoms with E-state index in [-0.39, 0.29) is 54.2 Å². The third kappa shape index (κ3) is 5.47. The van der Waals surface area contributed by atoms with Gasteiger partial charge in [-0.25, -0.2) is 4.79 Å². The molecule has 0 radical (unpaired) electrons. The largest absolute Gasteiger partial charge is 0.507 e. The Morgan fingerprint density at radius 1 is 0.455 bits per heavy atom. The summed E-state index contributed by atoms with van der Waals surface area (Å²) in [4.78, 5) is 12.2. The molecule has 0 amide bonds. The zero-order valence-corrected chi connectivity index (χ0v) is 24.9. The molecule has 0 spiro atoms. The molecule has 1 aliphatic rings. The second-order valence-corrected chi connectivity index (χ2v) is 12.0. The first-order valence-corrected chi connectivity index (χ1v) is 14.6. The molecule has 0 saturated carbocycles. The average molecular weight is 587 g/mol. The van der Waals surface area contributed by atoms with E-state index in [9.17, 15) is 30.3 Å². The summed E-state index contributed by atoms with van der Waals surface area (Å²) in [6.07, 6.45) is 0.644. The average Bonchev–Trinajstić information content (AvgIpc) is 2.97. The molecule has 5 aromatic carbocycles. The van der Waals surface area contributed by atoms with Crippen LogP contribution >= 0.6 is 0 Å². The second kappa shape index (κ2) is 11.1. The van der Waals surface area contributed by atoms with Gasteiger partial charge in [-0.3, -0.25) is 0 Å². The van der Waals surface area contributed by atoms with Crippen LogP contribution < -0.4 is 0 Å². The SMILES string of the molecule is Cc1ccc(-c2cc3c(O)c(c2)Cc2cc(C(=O)O)cc(c2O)Cc2cc(C)cc(c2O)Cc2cc(C)cc(c2O)C3)cc1. The van der Waals surface area contributed by atoms with Gasteiger partial charge in [-0.1, -0.05) is 65.2 Å². The van der Waals surface area contributed by atoms with Gasteiger partial charge in [0.2, 0.25) is 0 Å². The van der Waals surface area contributed by atoms with Crippen LogP contribution in [0.4, 0.5) is 0 Å². The minimum atomic E-state index is -1.14. The van der Waals surface area contributed by atoms with Crippen molar-refractivity contribution in [1.29, 1.82) is 0 Å². The number of carbonyl (C=O) groups is 1. The summed E-state index contributed by atoms with van der Waals surface area (Å²) in [7, 11) is 0. The van der Waals surface area contributed by atoms with E-state index in [4.69, 9.17) is 0 Å². The fraction of sp³-hybridized carbons (Fsp3) is 0.184. The molecule has 1 aliphatic carbocycles. The van der Waals surface area contributed by atoms with Crippen LogP contribution in [-0.4, -0.2) is 31.5 Å². The Bertz CT molecular complexity index is 1950. The topological polar surface area (TPSA) is 118 Å². The number of phenols is 4. The van der Waals surface area contributed by atoms with Crippen LogP contribution in [0.15, 0.2) is 72.8 Å². The van der Waals surface area contributed by atoms with Gasteiger partial charge in [0.15, 0.2) is 0 Å². The predicted molar refractivity (Wildman–Crippen MR) is 170 cm³/mol. The second-order valence-electron chi connectivity index (χ2n) is 12.0. The number of hydrogen-bond acceptors (Lipinski definition) is 5. The normalized spacial score (nSPS) is 12.6. The maximum absolute atomic E-state index is 12.2. The van der Waals surface area contributed by atoms with Gasteiger partial charge < -0.3 is 25.5 Å². The Hall–Kier alpha value is -5.23.